The van der Waals surface area contributed by atoms with Crippen LogP contribution in [0.15, 0.2) is 0 Å². The molecule has 15 heavy (non-hydrogen) atoms. The van der Waals surface area contributed by atoms with Crippen LogP contribution in [0.1, 0.15) is 35.1 Å². The number of carbonyl (C=O) groups is 1. The molecule has 0 fully saturated rings. The van der Waals surface area contributed by atoms with Crippen molar-refractivity contribution in [2.75, 3.05) is 12.0 Å². The minimum atomic E-state index is 0.195. The fourth-order valence-electron chi connectivity index (χ4n) is 1.67. The number of hydrogen-bond acceptors (Lipinski definition) is 3. The van der Waals surface area contributed by atoms with Crippen molar-refractivity contribution in [1.29, 1.82) is 0 Å². The lowest BCUT2D eigenvalue weighted by molar-refractivity contribution is 0.0987. The van der Waals surface area contributed by atoms with Crippen LogP contribution in [0.4, 0.5) is 0 Å². The summed E-state index contributed by atoms with van der Waals surface area (Å²) in [7, 11) is 0. The maximum atomic E-state index is 11.7. The van der Waals surface area contributed by atoms with E-state index in [0.717, 1.165) is 29.2 Å². The summed E-state index contributed by atoms with van der Waals surface area (Å²) in [6.45, 7) is 6.65. The van der Waals surface area contributed by atoms with Gasteiger partial charge in [0.1, 0.15) is 0 Å². The minimum Gasteiger partial charge on any atom is -0.294 e. The van der Waals surface area contributed by atoms with E-state index in [9.17, 15) is 4.79 Å². The SMILES string of the molecule is CCC(=O)c1c(C)nn(CCSC)c1C. The van der Waals surface area contributed by atoms with Crippen molar-refractivity contribution >= 4 is 17.5 Å². The second-order valence-electron chi connectivity index (χ2n) is 3.54. The molecule has 0 bridgehead atoms. The van der Waals surface area contributed by atoms with Crippen molar-refractivity contribution < 1.29 is 4.79 Å². The number of ketones is 1. The Hall–Kier alpha value is -0.770. The zero-order valence-corrected chi connectivity index (χ0v) is 10.6. The van der Waals surface area contributed by atoms with E-state index in [-0.39, 0.29) is 5.78 Å². The second kappa shape index (κ2) is 5.35. The highest BCUT2D eigenvalue weighted by molar-refractivity contribution is 7.98. The van der Waals surface area contributed by atoms with E-state index in [1.165, 1.54) is 0 Å². The molecule has 0 spiro atoms. The number of nitrogens with zero attached hydrogens (tertiary/aromatic N) is 2. The Bertz CT molecular complexity index is 358. The predicted octanol–water partition coefficient (Wildman–Crippen LogP) is 2.46. The molecule has 1 aromatic heterocycles. The van der Waals surface area contributed by atoms with Crippen LogP contribution in [0.3, 0.4) is 0 Å². The fourth-order valence-corrected chi connectivity index (χ4v) is 2.03. The smallest absolute Gasteiger partial charge is 0.166 e. The van der Waals surface area contributed by atoms with E-state index in [0.29, 0.717) is 6.42 Å². The molecule has 84 valence electrons. The summed E-state index contributed by atoms with van der Waals surface area (Å²) in [5.41, 5.74) is 2.69. The first-order valence-corrected chi connectivity index (χ1v) is 6.57. The van der Waals surface area contributed by atoms with Crippen LogP contribution in [-0.2, 0) is 6.54 Å². The molecule has 1 rings (SSSR count). The summed E-state index contributed by atoms with van der Waals surface area (Å²) in [5, 5.41) is 4.40. The Balaban J connectivity index is 2.98. The second-order valence-corrected chi connectivity index (χ2v) is 4.52. The number of carbonyl (C=O) groups excluding carboxylic acids is 1. The lowest BCUT2D eigenvalue weighted by Gasteiger charge is -2.03. The summed E-state index contributed by atoms with van der Waals surface area (Å²) in [6.07, 6.45) is 2.62. The van der Waals surface area contributed by atoms with Crippen LogP contribution < -0.4 is 0 Å². The van der Waals surface area contributed by atoms with E-state index < -0.39 is 0 Å². The van der Waals surface area contributed by atoms with Gasteiger partial charge in [-0.2, -0.15) is 16.9 Å². The average molecular weight is 226 g/mol. The molecular formula is C11H18N2OS. The summed E-state index contributed by atoms with van der Waals surface area (Å²) in [4.78, 5) is 11.7. The number of thioether (sulfide) groups is 1. The van der Waals surface area contributed by atoms with Gasteiger partial charge in [-0.05, 0) is 20.1 Å². The largest absolute Gasteiger partial charge is 0.294 e. The van der Waals surface area contributed by atoms with Gasteiger partial charge >= 0.3 is 0 Å². The molecule has 0 radical (unpaired) electrons. The molecule has 0 aromatic carbocycles. The van der Waals surface area contributed by atoms with Gasteiger partial charge in [0.25, 0.3) is 0 Å². The Morgan fingerprint density at radius 2 is 2.13 bits per heavy atom. The molecule has 0 saturated carbocycles. The number of Topliss-reactive ketones (excluding diaryl/α,β-unsaturated/α-hetero) is 1. The Morgan fingerprint density at radius 1 is 1.47 bits per heavy atom. The van der Waals surface area contributed by atoms with Crippen molar-refractivity contribution in [3.63, 3.8) is 0 Å². The van der Waals surface area contributed by atoms with Crippen LogP contribution in [0, 0.1) is 13.8 Å². The topological polar surface area (TPSA) is 34.9 Å². The normalized spacial score (nSPS) is 10.7. The quantitative estimate of drug-likeness (QED) is 0.723. The number of aryl methyl sites for hydroxylation is 2. The molecule has 0 amide bonds. The molecule has 1 heterocycles. The van der Waals surface area contributed by atoms with Crippen LogP contribution in [0.5, 0.6) is 0 Å². The van der Waals surface area contributed by atoms with Crippen LogP contribution in [0.25, 0.3) is 0 Å². The minimum absolute atomic E-state index is 0.195. The van der Waals surface area contributed by atoms with Gasteiger partial charge in [-0.15, -0.1) is 0 Å². The summed E-state index contributed by atoms with van der Waals surface area (Å²) >= 11 is 1.79. The summed E-state index contributed by atoms with van der Waals surface area (Å²) < 4.78 is 1.94. The highest BCUT2D eigenvalue weighted by atomic mass is 32.2. The summed E-state index contributed by atoms with van der Waals surface area (Å²) in [6, 6.07) is 0. The molecule has 0 saturated heterocycles. The molecular weight excluding hydrogens is 208 g/mol. The van der Waals surface area contributed by atoms with Crippen molar-refractivity contribution in [1.82, 2.24) is 9.78 Å². The zero-order chi connectivity index (χ0) is 11.4. The van der Waals surface area contributed by atoms with Crippen molar-refractivity contribution in [3.8, 4) is 0 Å². The first-order chi connectivity index (χ1) is 7.11. The van der Waals surface area contributed by atoms with E-state index in [1.807, 2.05) is 25.5 Å². The van der Waals surface area contributed by atoms with Gasteiger partial charge in [-0.25, -0.2) is 0 Å². The van der Waals surface area contributed by atoms with E-state index in [1.54, 1.807) is 11.8 Å². The Labute approximate surface area is 95.2 Å². The zero-order valence-electron chi connectivity index (χ0n) is 9.83. The van der Waals surface area contributed by atoms with Crippen LogP contribution in [0.2, 0.25) is 0 Å². The molecule has 3 nitrogen and oxygen atoms in total. The van der Waals surface area contributed by atoms with Crippen LogP contribution in [-0.4, -0.2) is 27.6 Å². The first kappa shape index (κ1) is 12.3. The molecule has 1 aromatic rings. The predicted molar refractivity (Wildman–Crippen MR) is 64.7 cm³/mol. The number of aromatic nitrogens is 2. The molecule has 0 atom stereocenters. The van der Waals surface area contributed by atoms with Gasteiger partial charge in [0.15, 0.2) is 5.78 Å². The average Bonchev–Trinajstić information content (AvgIpc) is 2.50. The molecule has 0 aliphatic heterocycles. The van der Waals surface area contributed by atoms with Gasteiger partial charge in [0, 0.05) is 17.9 Å². The first-order valence-electron chi connectivity index (χ1n) is 5.18. The lowest BCUT2D eigenvalue weighted by Crippen LogP contribution is -2.06. The highest BCUT2D eigenvalue weighted by Crippen LogP contribution is 2.15. The molecule has 4 heteroatoms. The maximum absolute atomic E-state index is 11.7. The van der Waals surface area contributed by atoms with Gasteiger partial charge < -0.3 is 0 Å². The Morgan fingerprint density at radius 3 is 2.67 bits per heavy atom. The molecule has 0 unspecified atom stereocenters. The van der Waals surface area contributed by atoms with Gasteiger partial charge in [-0.1, -0.05) is 6.92 Å². The molecule has 0 aliphatic rings. The lowest BCUT2D eigenvalue weighted by atomic mass is 10.1. The molecule has 0 aliphatic carbocycles. The summed E-state index contributed by atoms with van der Waals surface area (Å²) in [5.74, 6) is 1.22. The fraction of sp³-hybridized carbons (Fsp3) is 0.636. The third kappa shape index (κ3) is 2.62. The standard InChI is InChI=1S/C11H18N2OS/c1-5-10(14)11-8(2)12-13(9(11)3)6-7-15-4/h5-7H2,1-4H3. The van der Waals surface area contributed by atoms with E-state index in [2.05, 4.69) is 11.4 Å². The monoisotopic (exact) mass is 226 g/mol. The van der Waals surface area contributed by atoms with Crippen molar-refractivity contribution in [2.24, 2.45) is 0 Å². The third-order valence-electron chi connectivity index (χ3n) is 2.49. The number of hydrogen-bond donors (Lipinski definition) is 0. The van der Waals surface area contributed by atoms with Gasteiger partial charge in [-0.3, -0.25) is 9.48 Å². The van der Waals surface area contributed by atoms with E-state index >= 15 is 0 Å². The maximum Gasteiger partial charge on any atom is 0.166 e. The number of rotatable bonds is 5. The van der Waals surface area contributed by atoms with Crippen molar-refractivity contribution in [2.45, 2.75) is 33.7 Å². The van der Waals surface area contributed by atoms with Crippen molar-refractivity contribution in [3.05, 3.63) is 17.0 Å². The molecule has 0 N–H and O–H groups in total. The van der Waals surface area contributed by atoms with Crippen LogP contribution >= 0.6 is 11.8 Å². The highest BCUT2D eigenvalue weighted by Gasteiger charge is 2.16. The Kier molecular flexibility index (Phi) is 4.39. The third-order valence-corrected chi connectivity index (χ3v) is 3.08. The van der Waals surface area contributed by atoms with E-state index in [4.69, 9.17) is 0 Å². The van der Waals surface area contributed by atoms with Gasteiger partial charge in [0.2, 0.25) is 0 Å². The van der Waals surface area contributed by atoms with Gasteiger partial charge in [0.05, 0.1) is 17.8 Å².